The first-order valence-electron chi connectivity index (χ1n) is 8.25. The predicted molar refractivity (Wildman–Crippen MR) is 102 cm³/mol. The third-order valence-corrected chi connectivity index (χ3v) is 4.15. The summed E-state index contributed by atoms with van der Waals surface area (Å²) in [6.45, 7) is 12.7. The monoisotopic (exact) mass is 350 g/mol. The van der Waals surface area contributed by atoms with Crippen molar-refractivity contribution >= 4 is 11.9 Å². The van der Waals surface area contributed by atoms with Gasteiger partial charge in [-0.05, 0) is 48.2 Å². The molecule has 0 unspecified atom stereocenters. The molecule has 4 heteroatoms. The summed E-state index contributed by atoms with van der Waals surface area (Å²) in [6.07, 6.45) is 2.28. The molecule has 0 saturated heterocycles. The van der Waals surface area contributed by atoms with Crippen LogP contribution in [0.2, 0.25) is 0 Å². The molecule has 0 radical (unpaired) electrons. The number of esters is 2. The molecule has 0 aliphatic heterocycles. The Bertz CT molecular complexity index is 793. The second-order valence-corrected chi connectivity index (χ2v) is 6.02. The van der Waals surface area contributed by atoms with Gasteiger partial charge >= 0.3 is 11.9 Å². The summed E-state index contributed by atoms with van der Waals surface area (Å²) in [6, 6.07) is 11.4. The zero-order valence-corrected chi connectivity index (χ0v) is 15.2. The lowest BCUT2D eigenvalue weighted by molar-refractivity contribution is -0.129. The molecule has 0 bridgehead atoms. The van der Waals surface area contributed by atoms with E-state index in [1.54, 1.807) is 12.1 Å². The third-order valence-electron chi connectivity index (χ3n) is 4.15. The number of rotatable bonds is 6. The fourth-order valence-electron chi connectivity index (χ4n) is 2.61. The van der Waals surface area contributed by atoms with Crippen molar-refractivity contribution in [3.63, 3.8) is 0 Å². The van der Waals surface area contributed by atoms with E-state index in [0.29, 0.717) is 11.5 Å². The Morgan fingerprint density at radius 2 is 1.23 bits per heavy atom. The molecular formula is C22H22O4. The van der Waals surface area contributed by atoms with E-state index in [-0.39, 0.29) is 5.92 Å². The topological polar surface area (TPSA) is 52.6 Å². The normalized spacial score (nSPS) is 10.3. The van der Waals surface area contributed by atoms with Crippen molar-refractivity contribution in [1.82, 2.24) is 0 Å². The van der Waals surface area contributed by atoms with Crippen LogP contribution in [0.25, 0.3) is 0 Å². The number of hydrogen-bond acceptors (Lipinski definition) is 4. The van der Waals surface area contributed by atoms with Gasteiger partial charge < -0.3 is 9.47 Å². The number of carbonyl (C=O) groups is 2. The Morgan fingerprint density at radius 3 is 1.54 bits per heavy atom. The lowest BCUT2D eigenvalue weighted by Gasteiger charge is -2.16. The minimum absolute atomic E-state index is 0.126. The minimum Gasteiger partial charge on any atom is -0.423 e. The van der Waals surface area contributed by atoms with Crippen LogP contribution in [0.15, 0.2) is 61.7 Å². The van der Waals surface area contributed by atoms with Gasteiger partial charge in [-0.2, -0.15) is 0 Å². The number of aryl methyl sites for hydroxylation is 2. The van der Waals surface area contributed by atoms with E-state index >= 15 is 0 Å². The van der Waals surface area contributed by atoms with Crippen LogP contribution in [-0.2, 0) is 9.59 Å². The zero-order valence-electron chi connectivity index (χ0n) is 15.2. The maximum Gasteiger partial charge on any atom is 0.335 e. The van der Waals surface area contributed by atoms with Gasteiger partial charge in [0.2, 0.25) is 0 Å². The van der Waals surface area contributed by atoms with Crippen molar-refractivity contribution in [2.24, 2.45) is 0 Å². The fourth-order valence-corrected chi connectivity index (χ4v) is 2.61. The molecule has 0 N–H and O–H groups in total. The van der Waals surface area contributed by atoms with E-state index in [0.717, 1.165) is 34.4 Å². The van der Waals surface area contributed by atoms with Gasteiger partial charge in [0, 0.05) is 18.1 Å². The van der Waals surface area contributed by atoms with E-state index in [9.17, 15) is 9.59 Å². The molecule has 0 spiro atoms. The van der Waals surface area contributed by atoms with Crippen LogP contribution in [-0.4, -0.2) is 11.9 Å². The maximum absolute atomic E-state index is 11.4. The van der Waals surface area contributed by atoms with E-state index < -0.39 is 11.9 Å². The molecule has 134 valence electrons. The molecule has 0 saturated carbocycles. The van der Waals surface area contributed by atoms with Crippen molar-refractivity contribution in [3.8, 4) is 11.5 Å². The van der Waals surface area contributed by atoms with Gasteiger partial charge in [0.25, 0.3) is 0 Å². The lowest BCUT2D eigenvalue weighted by Crippen LogP contribution is -2.06. The first-order valence-corrected chi connectivity index (χ1v) is 8.25. The van der Waals surface area contributed by atoms with Crippen molar-refractivity contribution in [1.29, 1.82) is 0 Å². The van der Waals surface area contributed by atoms with Gasteiger partial charge in [0.05, 0.1) is 0 Å². The summed E-state index contributed by atoms with van der Waals surface area (Å²) in [5.41, 5.74) is 3.93. The third kappa shape index (κ3) is 4.48. The van der Waals surface area contributed by atoms with Gasteiger partial charge in [-0.15, -0.1) is 0 Å². The van der Waals surface area contributed by atoms with Gasteiger partial charge in [-0.25, -0.2) is 9.59 Å². The van der Waals surface area contributed by atoms with Gasteiger partial charge in [0.1, 0.15) is 11.5 Å². The highest BCUT2D eigenvalue weighted by atomic mass is 16.5. The molecule has 2 aromatic rings. The van der Waals surface area contributed by atoms with E-state index in [1.807, 2.05) is 38.1 Å². The molecule has 26 heavy (non-hydrogen) atoms. The number of benzene rings is 2. The Kier molecular flexibility index (Phi) is 6.12. The molecule has 2 rings (SSSR count). The number of hydrogen-bond donors (Lipinski definition) is 0. The second kappa shape index (κ2) is 8.30. The highest BCUT2D eigenvalue weighted by Gasteiger charge is 2.13. The van der Waals surface area contributed by atoms with Crippen molar-refractivity contribution < 1.29 is 19.1 Å². The molecule has 0 aromatic heterocycles. The first-order chi connectivity index (χ1) is 12.3. The van der Waals surface area contributed by atoms with Crippen LogP contribution in [0.4, 0.5) is 0 Å². The summed E-state index contributed by atoms with van der Waals surface area (Å²) in [5.74, 6) is 0.214. The first kappa shape index (κ1) is 19.2. The molecule has 0 atom stereocenters. The Labute approximate surface area is 153 Å². The quantitative estimate of drug-likeness (QED) is 0.433. The van der Waals surface area contributed by atoms with Crippen LogP contribution in [0.5, 0.6) is 11.5 Å². The van der Waals surface area contributed by atoms with Crippen LogP contribution in [0.3, 0.4) is 0 Å². The predicted octanol–water partition coefficient (Wildman–Crippen LogP) is 4.64. The molecule has 0 fully saturated rings. The average molecular weight is 350 g/mol. The van der Waals surface area contributed by atoms with Gasteiger partial charge in [-0.3, -0.25) is 0 Å². The Balaban J connectivity index is 2.24. The summed E-state index contributed by atoms with van der Waals surface area (Å²) < 4.78 is 10.4. The van der Waals surface area contributed by atoms with Crippen LogP contribution >= 0.6 is 0 Å². The maximum atomic E-state index is 11.4. The van der Waals surface area contributed by atoms with E-state index in [1.165, 1.54) is 0 Å². The highest BCUT2D eigenvalue weighted by molar-refractivity contribution is 5.84. The molecule has 0 heterocycles. The van der Waals surface area contributed by atoms with Crippen LogP contribution < -0.4 is 9.47 Å². The Morgan fingerprint density at radius 1 is 0.846 bits per heavy atom. The summed E-state index contributed by atoms with van der Waals surface area (Å²) >= 11 is 0. The lowest BCUT2D eigenvalue weighted by atomic mass is 9.91. The summed E-state index contributed by atoms with van der Waals surface area (Å²) in [7, 11) is 0. The number of ether oxygens (including phenoxy) is 2. The van der Waals surface area contributed by atoms with Crippen molar-refractivity contribution in [2.45, 2.75) is 26.7 Å². The molecule has 4 nitrogen and oxygen atoms in total. The molecule has 0 amide bonds. The van der Waals surface area contributed by atoms with Crippen molar-refractivity contribution in [2.75, 3.05) is 0 Å². The smallest absolute Gasteiger partial charge is 0.335 e. The summed E-state index contributed by atoms with van der Waals surface area (Å²) in [4.78, 5) is 22.7. The SMILES string of the molecule is C=CC(=O)Oc1ccc(C(C)c2ccc(OC(=O)C=C)c(C)c2)cc1C. The van der Waals surface area contributed by atoms with Gasteiger partial charge in [-0.1, -0.05) is 44.3 Å². The Hall–Kier alpha value is -3.14. The zero-order chi connectivity index (χ0) is 19.3. The molecule has 2 aromatic carbocycles. The van der Waals surface area contributed by atoms with Gasteiger partial charge in [0.15, 0.2) is 0 Å². The standard InChI is InChI=1S/C22H22O4/c1-6-21(23)25-19-10-8-17(12-14(19)3)16(5)18-9-11-20(15(4)13-18)26-22(24)7-2/h6-13,16H,1-2H2,3-5H3. The second-order valence-electron chi connectivity index (χ2n) is 6.02. The van der Waals surface area contributed by atoms with E-state index in [4.69, 9.17) is 9.47 Å². The van der Waals surface area contributed by atoms with E-state index in [2.05, 4.69) is 20.1 Å². The van der Waals surface area contributed by atoms with Crippen molar-refractivity contribution in [3.05, 3.63) is 84.0 Å². The molecular weight excluding hydrogens is 328 g/mol. The van der Waals surface area contributed by atoms with Crippen LogP contribution in [0.1, 0.15) is 35.1 Å². The average Bonchev–Trinajstić information content (AvgIpc) is 2.64. The summed E-state index contributed by atoms with van der Waals surface area (Å²) in [5, 5.41) is 0. The molecule has 0 aliphatic carbocycles. The largest absolute Gasteiger partial charge is 0.423 e. The fraction of sp³-hybridized carbons (Fsp3) is 0.182. The number of carbonyl (C=O) groups excluding carboxylic acids is 2. The highest BCUT2D eigenvalue weighted by Crippen LogP contribution is 2.31. The minimum atomic E-state index is -0.478. The molecule has 0 aliphatic rings. The van der Waals surface area contributed by atoms with Crippen LogP contribution in [0, 0.1) is 13.8 Å².